The molecule has 2 aromatic rings. The average molecular weight is 248 g/mol. The van der Waals surface area contributed by atoms with Gasteiger partial charge >= 0.3 is 0 Å². The van der Waals surface area contributed by atoms with Crippen LogP contribution in [0.2, 0.25) is 0 Å². The van der Waals surface area contributed by atoms with E-state index in [-0.39, 0.29) is 5.91 Å². The van der Waals surface area contributed by atoms with Crippen LogP contribution in [0.3, 0.4) is 0 Å². The molecule has 2 aromatic carbocycles. The van der Waals surface area contributed by atoms with Gasteiger partial charge in [-0.15, -0.1) is 0 Å². The summed E-state index contributed by atoms with van der Waals surface area (Å²) in [6.07, 6.45) is 2.07. The molecule has 3 heteroatoms. The molecule has 0 spiro atoms. The van der Waals surface area contributed by atoms with Crippen LogP contribution < -0.4 is 11.1 Å². The number of rotatable bonds is 1. The lowest BCUT2D eigenvalue weighted by atomic mass is 9.81. The highest BCUT2D eigenvalue weighted by Gasteiger charge is 2.50. The lowest BCUT2D eigenvalue weighted by Gasteiger charge is -2.32. The molecule has 0 aromatic heterocycles. The summed E-state index contributed by atoms with van der Waals surface area (Å²) >= 11 is 0. The fraction of sp³-hybridized carbons (Fsp3) is 0.0625. The molecule has 1 amide bonds. The molecule has 2 bridgehead atoms. The number of benzene rings is 2. The van der Waals surface area contributed by atoms with Gasteiger partial charge in [-0.3, -0.25) is 4.79 Å². The first-order chi connectivity index (χ1) is 9.23. The van der Waals surface area contributed by atoms with Gasteiger partial charge in [0.15, 0.2) is 5.54 Å². The van der Waals surface area contributed by atoms with Crippen molar-refractivity contribution >= 4 is 17.7 Å². The summed E-state index contributed by atoms with van der Waals surface area (Å²) in [6, 6.07) is 15.8. The van der Waals surface area contributed by atoms with Gasteiger partial charge in [-0.25, -0.2) is 0 Å². The second kappa shape index (κ2) is 3.26. The van der Waals surface area contributed by atoms with Gasteiger partial charge in [-0.2, -0.15) is 0 Å². The van der Waals surface area contributed by atoms with Crippen molar-refractivity contribution in [1.29, 1.82) is 0 Å². The molecular weight excluding hydrogens is 236 g/mol. The van der Waals surface area contributed by atoms with Crippen LogP contribution in [-0.2, 0) is 10.3 Å². The lowest BCUT2D eigenvalue weighted by Crippen LogP contribution is -2.50. The van der Waals surface area contributed by atoms with Crippen LogP contribution >= 0.6 is 0 Å². The van der Waals surface area contributed by atoms with E-state index in [1.807, 2.05) is 48.5 Å². The standard InChI is InChI=1S/C16H12N2O/c17-15(19)16-12-7-3-1-5-10(12)9-14(18-16)11-6-2-4-8-13(11)16/h1-9,18H,(H2,17,19)/t16-/m1/s1. The first kappa shape index (κ1) is 10.4. The van der Waals surface area contributed by atoms with E-state index in [0.29, 0.717) is 0 Å². The third-order valence-corrected chi connectivity index (χ3v) is 3.98. The van der Waals surface area contributed by atoms with Gasteiger partial charge in [-0.05, 0) is 17.2 Å². The quantitative estimate of drug-likeness (QED) is 0.809. The summed E-state index contributed by atoms with van der Waals surface area (Å²) in [7, 11) is 0. The van der Waals surface area contributed by atoms with Crippen molar-refractivity contribution in [3.63, 3.8) is 0 Å². The monoisotopic (exact) mass is 248 g/mol. The van der Waals surface area contributed by atoms with Crippen LogP contribution in [0.5, 0.6) is 0 Å². The van der Waals surface area contributed by atoms with Crippen LogP contribution in [0.1, 0.15) is 22.3 Å². The molecule has 0 saturated heterocycles. The van der Waals surface area contributed by atoms with E-state index in [4.69, 9.17) is 5.73 Å². The highest BCUT2D eigenvalue weighted by atomic mass is 16.1. The predicted octanol–water partition coefficient (Wildman–Crippen LogP) is 1.83. The fourth-order valence-electron chi connectivity index (χ4n) is 3.15. The van der Waals surface area contributed by atoms with E-state index in [9.17, 15) is 4.79 Å². The van der Waals surface area contributed by atoms with Gasteiger partial charge in [0.25, 0.3) is 5.91 Å². The second-order valence-electron chi connectivity index (χ2n) is 4.93. The van der Waals surface area contributed by atoms with Crippen LogP contribution in [-0.4, -0.2) is 5.91 Å². The predicted molar refractivity (Wildman–Crippen MR) is 73.9 cm³/mol. The van der Waals surface area contributed by atoms with Crippen molar-refractivity contribution in [3.8, 4) is 0 Å². The Morgan fingerprint density at radius 3 is 2.47 bits per heavy atom. The molecule has 2 aliphatic rings. The van der Waals surface area contributed by atoms with Crippen LogP contribution in [0.15, 0.2) is 48.5 Å². The lowest BCUT2D eigenvalue weighted by molar-refractivity contribution is -0.122. The number of hydrogen-bond donors (Lipinski definition) is 2. The molecule has 0 aliphatic carbocycles. The summed E-state index contributed by atoms with van der Waals surface area (Å²) in [5, 5.41) is 3.31. The minimum atomic E-state index is -0.919. The van der Waals surface area contributed by atoms with Gasteiger partial charge in [0.1, 0.15) is 0 Å². The van der Waals surface area contributed by atoms with Crippen LogP contribution in [0.4, 0.5) is 0 Å². The van der Waals surface area contributed by atoms with Gasteiger partial charge in [-0.1, -0.05) is 48.5 Å². The van der Waals surface area contributed by atoms with E-state index in [0.717, 1.165) is 28.0 Å². The number of fused-ring (bicyclic) bond motifs is 7. The zero-order valence-corrected chi connectivity index (χ0v) is 10.2. The zero-order chi connectivity index (χ0) is 13.0. The molecule has 0 unspecified atom stereocenters. The third kappa shape index (κ3) is 1.10. The maximum atomic E-state index is 12.2. The van der Waals surface area contributed by atoms with Gasteiger partial charge in [0, 0.05) is 16.8 Å². The van der Waals surface area contributed by atoms with E-state index < -0.39 is 5.54 Å². The maximum Gasteiger partial charge on any atom is 0.252 e. The van der Waals surface area contributed by atoms with E-state index >= 15 is 0 Å². The first-order valence-electron chi connectivity index (χ1n) is 6.22. The molecule has 2 heterocycles. The molecule has 0 radical (unpaired) electrons. The molecule has 4 rings (SSSR count). The molecule has 3 nitrogen and oxygen atoms in total. The fourth-order valence-corrected chi connectivity index (χ4v) is 3.15. The van der Waals surface area contributed by atoms with Gasteiger partial charge < -0.3 is 11.1 Å². The molecule has 92 valence electrons. The molecule has 19 heavy (non-hydrogen) atoms. The van der Waals surface area contributed by atoms with E-state index in [2.05, 4.69) is 11.4 Å². The molecule has 1 atom stereocenters. The van der Waals surface area contributed by atoms with E-state index in [1.54, 1.807) is 0 Å². The average Bonchev–Trinajstić information content (AvgIpc) is 2.71. The van der Waals surface area contributed by atoms with E-state index in [1.165, 1.54) is 0 Å². The maximum absolute atomic E-state index is 12.2. The first-order valence-corrected chi connectivity index (χ1v) is 6.22. The molecular formula is C16H12N2O. The Bertz CT molecular complexity index is 735. The van der Waals surface area contributed by atoms with Gasteiger partial charge in [0.2, 0.25) is 0 Å². The summed E-state index contributed by atoms with van der Waals surface area (Å²) in [5.74, 6) is -0.365. The Hall–Kier alpha value is -2.55. The number of nitrogens with one attached hydrogen (secondary N) is 1. The summed E-state index contributed by atoms with van der Waals surface area (Å²) in [5.41, 5.74) is 9.76. The molecule has 0 fully saturated rings. The Labute approximate surface area is 110 Å². The molecule has 2 aliphatic heterocycles. The number of hydrogen-bond acceptors (Lipinski definition) is 2. The Balaban J connectivity index is 2.16. The zero-order valence-electron chi connectivity index (χ0n) is 10.2. The third-order valence-electron chi connectivity index (χ3n) is 3.98. The van der Waals surface area contributed by atoms with Crippen molar-refractivity contribution < 1.29 is 4.79 Å². The largest absolute Gasteiger partial charge is 0.367 e. The van der Waals surface area contributed by atoms with Crippen molar-refractivity contribution in [1.82, 2.24) is 5.32 Å². The Morgan fingerprint density at radius 1 is 1.00 bits per heavy atom. The molecule has 3 N–H and O–H groups in total. The number of primary amides is 1. The molecule has 0 saturated carbocycles. The Kier molecular flexibility index (Phi) is 1.78. The minimum Gasteiger partial charge on any atom is -0.367 e. The van der Waals surface area contributed by atoms with Crippen molar-refractivity contribution in [2.45, 2.75) is 5.54 Å². The van der Waals surface area contributed by atoms with Gasteiger partial charge in [0.05, 0.1) is 0 Å². The number of nitrogens with two attached hydrogens (primary N) is 1. The topological polar surface area (TPSA) is 55.1 Å². The van der Waals surface area contributed by atoms with Crippen LogP contribution in [0, 0.1) is 0 Å². The highest BCUT2D eigenvalue weighted by Crippen LogP contribution is 2.46. The Morgan fingerprint density at radius 2 is 1.68 bits per heavy atom. The normalized spacial score (nSPS) is 22.0. The minimum absolute atomic E-state index is 0.365. The number of carbonyl (C=O) groups excluding carboxylic acids is 1. The second-order valence-corrected chi connectivity index (χ2v) is 4.93. The smallest absolute Gasteiger partial charge is 0.252 e. The van der Waals surface area contributed by atoms with Crippen molar-refractivity contribution in [2.75, 3.05) is 0 Å². The van der Waals surface area contributed by atoms with Crippen molar-refractivity contribution in [2.24, 2.45) is 5.73 Å². The summed E-state index contributed by atoms with van der Waals surface area (Å²) in [4.78, 5) is 12.2. The highest BCUT2D eigenvalue weighted by molar-refractivity contribution is 6.03. The number of carbonyl (C=O) groups is 1. The summed E-state index contributed by atoms with van der Waals surface area (Å²) < 4.78 is 0. The number of amides is 1. The summed E-state index contributed by atoms with van der Waals surface area (Å²) in [6.45, 7) is 0. The SMILES string of the molecule is NC(=O)[C@@]12NC(=Cc3ccccc31)c1ccccc12. The van der Waals surface area contributed by atoms with Crippen molar-refractivity contribution in [3.05, 3.63) is 70.8 Å². The van der Waals surface area contributed by atoms with Crippen LogP contribution in [0.25, 0.3) is 11.8 Å².